The van der Waals surface area contributed by atoms with Crippen LogP contribution in [0.25, 0.3) is 9.65 Å². The summed E-state index contributed by atoms with van der Waals surface area (Å²) < 4.78 is 1.57. The number of likely N-dealkylation sites (N-methyl/N-ethyl adjacent to an activating group) is 1. The first-order chi connectivity index (χ1) is 7.84. The van der Waals surface area contributed by atoms with Crippen LogP contribution in [-0.4, -0.2) is 39.0 Å². The van der Waals surface area contributed by atoms with Crippen LogP contribution in [0.2, 0.25) is 0 Å². The second-order valence-corrected chi connectivity index (χ2v) is 6.63. The molecule has 2 heteroatoms. The van der Waals surface area contributed by atoms with Gasteiger partial charge in [-0.25, -0.2) is 0 Å². The Labute approximate surface area is 103 Å². The summed E-state index contributed by atoms with van der Waals surface area (Å²) in [5.41, 5.74) is 1.59. The fraction of sp³-hybridized carbons (Fsp3) is 0.429. The summed E-state index contributed by atoms with van der Waals surface area (Å²) in [7, 11) is 2.27. The van der Waals surface area contributed by atoms with Gasteiger partial charge in [0.25, 0.3) is 0 Å². The van der Waals surface area contributed by atoms with Gasteiger partial charge in [-0.3, -0.25) is 0 Å². The van der Waals surface area contributed by atoms with E-state index in [1.165, 1.54) is 31.2 Å². The van der Waals surface area contributed by atoms with Crippen LogP contribution in [-0.2, 0) is 6.42 Å². The van der Waals surface area contributed by atoms with E-state index in [9.17, 15) is 0 Å². The Bertz CT molecular complexity index is 484. The molecule has 1 saturated carbocycles. The molecule has 3 rings (SSSR count). The summed E-state index contributed by atoms with van der Waals surface area (Å²) in [6.45, 7) is 1.22. The molecule has 0 atom stereocenters. The van der Waals surface area contributed by atoms with E-state index < -0.39 is 0 Å². The molecule has 0 unspecified atom stereocenters. The Kier molecular flexibility index (Phi) is 2.89. The van der Waals surface area contributed by atoms with Crippen molar-refractivity contribution in [3.05, 3.63) is 34.8 Å². The number of nitrogens with zero attached hydrogens (tertiary/aromatic N) is 1. The van der Waals surface area contributed by atoms with E-state index in [4.69, 9.17) is 0 Å². The molecule has 0 N–H and O–H groups in total. The molecule has 1 nitrogen and oxygen atoms in total. The number of hydrogen-bond acceptors (Lipinski definition) is 1. The maximum atomic E-state index is 2.52. The Balaban J connectivity index is 1.73. The van der Waals surface area contributed by atoms with E-state index in [0.29, 0.717) is 14.5 Å². The number of fused-ring (bicyclic) bond motifs is 1. The first kappa shape index (κ1) is 10.6. The zero-order chi connectivity index (χ0) is 11.0. The van der Waals surface area contributed by atoms with Crippen molar-refractivity contribution >= 4 is 24.1 Å². The van der Waals surface area contributed by atoms with Gasteiger partial charge in [0.05, 0.1) is 0 Å². The Hall–Kier alpha value is -0.561. The predicted molar refractivity (Wildman–Crippen MR) is 70.2 cm³/mol. The van der Waals surface area contributed by atoms with E-state index in [0.717, 1.165) is 6.04 Å². The molecule has 0 bridgehead atoms. The third-order valence-corrected chi connectivity index (χ3v) is 5.59. The van der Waals surface area contributed by atoms with Gasteiger partial charge >= 0.3 is 103 Å². The van der Waals surface area contributed by atoms with E-state index >= 15 is 0 Å². The third-order valence-electron chi connectivity index (χ3n) is 3.47. The van der Waals surface area contributed by atoms with Gasteiger partial charge in [-0.1, -0.05) is 0 Å². The molecule has 1 fully saturated rings. The van der Waals surface area contributed by atoms with E-state index in [-0.39, 0.29) is 0 Å². The molecule has 0 aliphatic heterocycles. The minimum atomic E-state index is 0.587. The topological polar surface area (TPSA) is 3.24 Å². The molecule has 84 valence electrons. The van der Waals surface area contributed by atoms with Gasteiger partial charge in [0.2, 0.25) is 0 Å². The molecular formula is C14H17NSe. The molecule has 0 spiro atoms. The monoisotopic (exact) mass is 279 g/mol. The van der Waals surface area contributed by atoms with Gasteiger partial charge in [-0.15, -0.1) is 0 Å². The zero-order valence-corrected chi connectivity index (χ0v) is 11.4. The van der Waals surface area contributed by atoms with Crippen LogP contribution in [0, 0.1) is 0 Å². The van der Waals surface area contributed by atoms with Crippen LogP contribution in [0.15, 0.2) is 29.2 Å². The quantitative estimate of drug-likeness (QED) is 0.777. The molecule has 0 radical (unpaired) electrons. The first-order valence-electron chi connectivity index (χ1n) is 6.00. The van der Waals surface area contributed by atoms with Crippen molar-refractivity contribution in [3.8, 4) is 0 Å². The van der Waals surface area contributed by atoms with Crippen LogP contribution < -0.4 is 0 Å². The molecule has 0 saturated heterocycles. The molecule has 1 heterocycles. The summed E-state index contributed by atoms with van der Waals surface area (Å²) in [5, 5.41) is 1.52. The van der Waals surface area contributed by atoms with Gasteiger partial charge in [0.1, 0.15) is 0 Å². The molecule has 1 aromatic carbocycles. The third kappa shape index (κ3) is 2.10. The number of hydrogen-bond donors (Lipinski definition) is 0. The summed E-state index contributed by atoms with van der Waals surface area (Å²) in [6.07, 6.45) is 4.05. The van der Waals surface area contributed by atoms with Gasteiger partial charge in [-0.2, -0.15) is 0 Å². The standard InChI is InChI=1S/C14H17NSe/c1-15(12-6-7-12)9-8-11-10-16-14-5-3-2-4-13(11)14/h2-5,10,12H,6-9H2,1H3. The summed E-state index contributed by atoms with van der Waals surface area (Å²) in [4.78, 5) is 4.99. The van der Waals surface area contributed by atoms with Crippen molar-refractivity contribution in [3.63, 3.8) is 0 Å². The van der Waals surface area contributed by atoms with Crippen molar-refractivity contribution in [1.29, 1.82) is 0 Å². The molecule has 2 aromatic rings. The van der Waals surface area contributed by atoms with Gasteiger partial charge in [0, 0.05) is 0 Å². The SMILES string of the molecule is CN(CCc1c[se]c2ccccc12)C1CC1. The van der Waals surface area contributed by atoms with Crippen LogP contribution >= 0.6 is 0 Å². The van der Waals surface area contributed by atoms with Crippen LogP contribution in [0.3, 0.4) is 0 Å². The second-order valence-electron chi connectivity index (χ2n) is 4.72. The van der Waals surface area contributed by atoms with Crippen molar-refractivity contribution in [2.45, 2.75) is 25.3 Å². The summed E-state index contributed by atoms with van der Waals surface area (Å²) in [5.74, 6) is 0. The number of benzene rings is 1. The molecule has 1 aliphatic rings. The van der Waals surface area contributed by atoms with Crippen LogP contribution in [0.5, 0.6) is 0 Å². The van der Waals surface area contributed by atoms with Crippen molar-refractivity contribution in [2.24, 2.45) is 0 Å². The van der Waals surface area contributed by atoms with Crippen molar-refractivity contribution in [1.82, 2.24) is 4.90 Å². The van der Waals surface area contributed by atoms with Gasteiger partial charge in [0.15, 0.2) is 0 Å². The predicted octanol–water partition coefficient (Wildman–Crippen LogP) is 2.53. The molecule has 1 aromatic heterocycles. The average molecular weight is 278 g/mol. The fourth-order valence-corrected chi connectivity index (χ4v) is 4.31. The van der Waals surface area contributed by atoms with E-state index in [1.54, 1.807) is 9.82 Å². The van der Waals surface area contributed by atoms with Crippen LogP contribution in [0.4, 0.5) is 0 Å². The summed E-state index contributed by atoms with van der Waals surface area (Å²) >= 11 is 0.587. The summed E-state index contributed by atoms with van der Waals surface area (Å²) in [6, 6.07) is 9.78. The van der Waals surface area contributed by atoms with E-state index in [2.05, 4.69) is 41.2 Å². The first-order valence-corrected chi connectivity index (χ1v) is 7.84. The molecule has 0 amide bonds. The molecular weight excluding hydrogens is 261 g/mol. The van der Waals surface area contributed by atoms with Crippen molar-refractivity contribution < 1.29 is 0 Å². The maximum absolute atomic E-state index is 2.52. The Morgan fingerprint density at radius 1 is 1.31 bits per heavy atom. The average Bonchev–Trinajstić information content (AvgIpc) is 3.08. The van der Waals surface area contributed by atoms with Gasteiger partial charge < -0.3 is 0 Å². The normalized spacial score (nSPS) is 16.1. The van der Waals surface area contributed by atoms with Crippen molar-refractivity contribution in [2.75, 3.05) is 13.6 Å². The second kappa shape index (κ2) is 4.37. The Morgan fingerprint density at radius 3 is 2.94 bits per heavy atom. The zero-order valence-electron chi connectivity index (χ0n) is 9.65. The Morgan fingerprint density at radius 2 is 2.12 bits per heavy atom. The van der Waals surface area contributed by atoms with Gasteiger partial charge in [-0.05, 0) is 0 Å². The fourth-order valence-electron chi connectivity index (χ4n) is 2.22. The minimum absolute atomic E-state index is 0.587. The van der Waals surface area contributed by atoms with E-state index in [1.807, 2.05) is 0 Å². The molecule has 1 aliphatic carbocycles. The molecule has 16 heavy (non-hydrogen) atoms. The number of rotatable bonds is 4. The van der Waals surface area contributed by atoms with Crippen LogP contribution in [0.1, 0.15) is 18.4 Å².